The van der Waals surface area contributed by atoms with Crippen molar-refractivity contribution in [1.82, 2.24) is 0 Å². The second-order valence-corrected chi connectivity index (χ2v) is 3.82. The first-order valence-corrected chi connectivity index (χ1v) is 5.41. The number of methoxy groups -OCH3 is 1. The number of anilines is 1. The number of oxime groups is 1. The second-order valence-electron chi connectivity index (χ2n) is 3.82. The summed E-state index contributed by atoms with van der Waals surface area (Å²) in [7, 11) is 3.14. The maximum atomic E-state index is 12.1. The number of nitrogens with two attached hydrogens (primary N) is 1. The molecule has 0 aliphatic carbocycles. The van der Waals surface area contributed by atoms with Crippen molar-refractivity contribution in [2.24, 2.45) is 16.8 Å². The van der Waals surface area contributed by atoms with Gasteiger partial charge in [-0.3, -0.25) is 4.79 Å². The van der Waals surface area contributed by atoms with Gasteiger partial charge in [0.25, 0.3) is 0 Å². The molecule has 1 aromatic carbocycles. The van der Waals surface area contributed by atoms with Crippen LogP contribution in [-0.4, -0.2) is 31.1 Å². The molecule has 1 aromatic rings. The number of amides is 1. The molecule has 0 aliphatic rings. The van der Waals surface area contributed by atoms with Gasteiger partial charge >= 0.3 is 0 Å². The fourth-order valence-corrected chi connectivity index (χ4v) is 1.53. The molecule has 0 spiro atoms. The summed E-state index contributed by atoms with van der Waals surface area (Å²) in [4.78, 5) is 13.5. The molecule has 1 rings (SSSR count). The number of carbonyl (C=O) groups is 1. The third-order valence-corrected chi connectivity index (χ3v) is 2.71. The first-order valence-electron chi connectivity index (χ1n) is 5.41. The van der Waals surface area contributed by atoms with Crippen LogP contribution in [0.2, 0.25) is 0 Å². The quantitative estimate of drug-likeness (QED) is 0.362. The zero-order valence-electron chi connectivity index (χ0n) is 10.6. The maximum absolute atomic E-state index is 12.1. The molecule has 6 heteroatoms. The van der Waals surface area contributed by atoms with Gasteiger partial charge in [-0.2, -0.15) is 0 Å². The van der Waals surface area contributed by atoms with E-state index in [2.05, 4.69) is 5.16 Å². The number of nitrogens with zero attached hydrogens (tertiary/aromatic N) is 2. The molecule has 1 atom stereocenters. The smallest absolute Gasteiger partial charge is 0.237 e. The molecule has 1 amide bonds. The van der Waals surface area contributed by atoms with Crippen molar-refractivity contribution in [1.29, 1.82) is 0 Å². The summed E-state index contributed by atoms with van der Waals surface area (Å²) in [5.41, 5.74) is 6.05. The van der Waals surface area contributed by atoms with Crippen LogP contribution in [-0.2, 0) is 4.79 Å². The van der Waals surface area contributed by atoms with Gasteiger partial charge in [0.2, 0.25) is 5.91 Å². The highest BCUT2D eigenvalue weighted by Crippen LogP contribution is 2.27. The average Bonchev–Trinajstić information content (AvgIpc) is 2.43. The largest absolute Gasteiger partial charge is 0.495 e. The minimum Gasteiger partial charge on any atom is -0.495 e. The standard InChI is InChI=1S/C12H17N3O3/c1-8(11(13)14-17)12(16)15(2)9-6-4-5-7-10(9)18-3/h4-8,17H,1-3H3,(H2,13,14). The summed E-state index contributed by atoms with van der Waals surface area (Å²) in [6.45, 7) is 1.57. The Kier molecular flexibility index (Phi) is 4.53. The van der Waals surface area contributed by atoms with Crippen molar-refractivity contribution in [2.45, 2.75) is 6.92 Å². The number of hydrogen-bond donors (Lipinski definition) is 2. The summed E-state index contributed by atoms with van der Waals surface area (Å²) in [5.74, 6) is -0.526. The van der Waals surface area contributed by atoms with Crippen LogP contribution in [0.4, 0.5) is 5.69 Å². The topological polar surface area (TPSA) is 88.2 Å². The Balaban J connectivity index is 3.00. The van der Waals surface area contributed by atoms with E-state index in [0.717, 1.165) is 0 Å². The van der Waals surface area contributed by atoms with E-state index in [1.54, 1.807) is 32.2 Å². The van der Waals surface area contributed by atoms with Gasteiger partial charge in [-0.15, -0.1) is 0 Å². The van der Waals surface area contributed by atoms with Gasteiger partial charge < -0.3 is 20.6 Å². The molecule has 0 radical (unpaired) electrons. The lowest BCUT2D eigenvalue weighted by Crippen LogP contribution is -2.38. The van der Waals surface area contributed by atoms with Crippen molar-refractivity contribution < 1.29 is 14.7 Å². The molecule has 0 bridgehead atoms. The monoisotopic (exact) mass is 251 g/mol. The van der Waals surface area contributed by atoms with Gasteiger partial charge in [0.15, 0.2) is 5.84 Å². The van der Waals surface area contributed by atoms with Crippen LogP contribution in [0.15, 0.2) is 29.4 Å². The molecule has 98 valence electrons. The normalized spacial score (nSPS) is 12.9. The van der Waals surface area contributed by atoms with Crippen molar-refractivity contribution in [3.63, 3.8) is 0 Å². The molecular weight excluding hydrogens is 234 g/mol. The summed E-state index contributed by atoms with van der Waals surface area (Å²) < 4.78 is 5.18. The Morgan fingerprint density at radius 1 is 1.50 bits per heavy atom. The van der Waals surface area contributed by atoms with Crippen molar-refractivity contribution in [2.75, 3.05) is 19.1 Å². The third kappa shape index (κ3) is 2.71. The highest BCUT2D eigenvalue weighted by Gasteiger charge is 2.23. The zero-order valence-corrected chi connectivity index (χ0v) is 10.6. The van der Waals surface area contributed by atoms with E-state index >= 15 is 0 Å². The molecule has 0 heterocycles. The molecule has 3 N–H and O–H groups in total. The Hall–Kier alpha value is -2.24. The fourth-order valence-electron chi connectivity index (χ4n) is 1.53. The van der Waals surface area contributed by atoms with E-state index in [1.165, 1.54) is 12.0 Å². The molecular formula is C12H17N3O3. The van der Waals surface area contributed by atoms with Gasteiger partial charge in [-0.05, 0) is 19.1 Å². The summed E-state index contributed by atoms with van der Waals surface area (Å²) in [6.07, 6.45) is 0. The number of para-hydroxylation sites is 2. The van der Waals surface area contributed by atoms with Crippen LogP contribution in [0.3, 0.4) is 0 Å². The lowest BCUT2D eigenvalue weighted by molar-refractivity contribution is -0.119. The number of carbonyl (C=O) groups excluding carboxylic acids is 1. The number of rotatable bonds is 4. The van der Waals surface area contributed by atoms with Crippen LogP contribution in [0.25, 0.3) is 0 Å². The molecule has 18 heavy (non-hydrogen) atoms. The molecule has 0 saturated carbocycles. The van der Waals surface area contributed by atoms with Crippen LogP contribution in [0.1, 0.15) is 6.92 Å². The van der Waals surface area contributed by atoms with E-state index in [-0.39, 0.29) is 11.7 Å². The van der Waals surface area contributed by atoms with Gasteiger partial charge in [0.1, 0.15) is 5.75 Å². The first kappa shape index (κ1) is 13.8. The minimum atomic E-state index is -0.704. The maximum Gasteiger partial charge on any atom is 0.237 e. The summed E-state index contributed by atoms with van der Waals surface area (Å²) in [5, 5.41) is 11.4. The molecule has 6 nitrogen and oxygen atoms in total. The Morgan fingerprint density at radius 2 is 2.11 bits per heavy atom. The summed E-state index contributed by atoms with van der Waals surface area (Å²) >= 11 is 0. The number of ether oxygens (including phenoxy) is 1. The second kappa shape index (κ2) is 5.90. The van der Waals surface area contributed by atoms with E-state index in [1.807, 2.05) is 6.07 Å². The third-order valence-electron chi connectivity index (χ3n) is 2.71. The fraction of sp³-hybridized carbons (Fsp3) is 0.333. The SMILES string of the molecule is COc1ccccc1N(C)C(=O)C(C)C(N)=NO. The number of benzene rings is 1. The van der Waals surface area contributed by atoms with Crippen molar-refractivity contribution in [3.8, 4) is 5.75 Å². The van der Waals surface area contributed by atoms with Gasteiger partial charge in [0.05, 0.1) is 18.7 Å². The van der Waals surface area contributed by atoms with E-state index in [9.17, 15) is 4.79 Å². The molecule has 1 unspecified atom stereocenters. The predicted molar refractivity (Wildman–Crippen MR) is 69.0 cm³/mol. The molecule has 0 fully saturated rings. The summed E-state index contributed by atoms with van der Waals surface area (Å²) in [6, 6.07) is 7.13. The Morgan fingerprint density at radius 3 is 2.67 bits per heavy atom. The zero-order chi connectivity index (χ0) is 13.7. The van der Waals surface area contributed by atoms with Crippen LogP contribution in [0, 0.1) is 5.92 Å². The lowest BCUT2D eigenvalue weighted by Gasteiger charge is -2.22. The van der Waals surface area contributed by atoms with Crippen molar-refractivity contribution >= 4 is 17.4 Å². The predicted octanol–water partition coefficient (Wildman–Crippen LogP) is 1.04. The first-order chi connectivity index (χ1) is 8.52. The van der Waals surface area contributed by atoms with E-state index < -0.39 is 5.92 Å². The highest BCUT2D eigenvalue weighted by atomic mass is 16.5. The minimum absolute atomic E-state index is 0.123. The van der Waals surface area contributed by atoms with Gasteiger partial charge in [0, 0.05) is 7.05 Å². The van der Waals surface area contributed by atoms with E-state index in [4.69, 9.17) is 15.7 Å². The number of hydrogen-bond acceptors (Lipinski definition) is 4. The van der Waals surface area contributed by atoms with Crippen LogP contribution >= 0.6 is 0 Å². The average molecular weight is 251 g/mol. The van der Waals surface area contributed by atoms with Gasteiger partial charge in [-0.1, -0.05) is 17.3 Å². The Bertz CT molecular complexity index is 460. The molecule has 0 aromatic heterocycles. The molecule has 0 aliphatic heterocycles. The van der Waals surface area contributed by atoms with Crippen molar-refractivity contribution in [3.05, 3.63) is 24.3 Å². The van der Waals surface area contributed by atoms with Crippen LogP contribution < -0.4 is 15.4 Å². The van der Waals surface area contributed by atoms with Gasteiger partial charge in [-0.25, -0.2) is 0 Å². The van der Waals surface area contributed by atoms with Crippen LogP contribution in [0.5, 0.6) is 5.75 Å². The molecule has 0 saturated heterocycles. The highest BCUT2D eigenvalue weighted by molar-refractivity contribution is 6.08. The van der Waals surface area contributed by atoms with E-state index in [0.29, 0.717) is 11.4 Å². The number of amidine groups is 1. The Labute approximate surface area is 106 Å². The lowest BCUT2D eigenvalue weighted by atomic mass is 10.1.